The Kier molecular flexibility index (Phi) is 6.30. The van der Waals surface area contributed by atoms with Gasteiger partial charge in [-0.2, -0.15) is 0 Å². The SMILES string of the molecule is CCOc1cccc(CNC(=NC)NCc2ccccc2)c1. The van der Waals surface area contributed by atoms with Gasteiger partial charge in [-0.25, -0.2) is 0 Å². The van der Waals surface area contributed by atoms with Crippen molar-refractivity contribution in [3.8, 4) is 5.75 Å². The fourth-order valence-corrected chi connectivity index (χ4v) is 2.10. The Labute approximate surface area is 132 Å². The first-order valence-corrected chi connectivity index (χ1v) is 7.52. The molecule has 22 heavy (non-hydrogen) atoms. The number of nitrogens with zero attached hydrogens (tertiary/aromatic N) is 1. The average Bonchev–Trinajstić information content (AvgIpc) is 2.57. The summed E-state index contributed by atoms with van der Waals surface area (Å²) in [6, 6.07) is 18.3. The summed E-state index contributed by atoms with van der Waals surface area (Å²) in [6.45, 7) is 4.12. The van der Waals surface area contributed by atoms with E-state index >= 15 is 0 Å². The number of benzene rings is 2. The smallest absolute Gasteiger partial charge is 0.191 e. The molecule has 0 heterocycles. The first kappa shape index (κ1) is 15.9. The molecule has 2 aromatic carbocycles. The minimum absolute atomic E-state index is 0.678. The van der Waals surface area contributed by atoms with Crippen LogP contribution in [0.5, 0.6) is 5.75 Å². The fraction of sp³-hybridized carbons (Fsp3) is 0.278. The van der Waals surface area contributed by atoms with Crippen molar-refractivity contribution in [2.75, 3.05) is 13.7 Å². The fourth-order valence-electron chi connectivity index (χ4n) is 2.10. The van der Waals surface area contributed by atoms with Gasteiger partial charge in [0.05, 0.1) is 6.61 Å². The highest BCUT2D eigenvalue weighted by Crippen LogP contribution is 2.12. The van der Waals surface area contributed by atoms with Gasteiger partial charge in [-0.3, -0.25) is 4.99 Å². The van der Waals surface area contributed by atoms with Crippen LogP contribution in [0.2, 0.25) is 0 Å². The van der Waals surface area contributed by atoms with Crippen molar-refractivity contribution in [2.24, 2.45) is 4.99 Å². The molecule has 0 bridgehead atoms. The highest BCUT2D eigenvalue weighted by Gasteiger charge is 2.00. The Morgan fingerprint density at radius 1 is 0.955 bits per heavy atom. The molecule has 0 aliphatic carbocycles. The van der Waals surface area contributed by atoms with Crippen molar-refractivity contribution in [1.29, 1.82) is 0 Å². The molecule has 0 amide bonds. The third-order valence-corrected chi connectivity index (χ3v) is 3.20. The van der Waals surface area contributed by atoms with E-state index in [1.54, 1.807) is 7.05 Å². The van der Waals surface area contributed by atoms with Crippen molar-refractivity contribution in [1.82, 2.24) is 10.6 Å². The first-order valence-electron chi connectivity index (χ1n) is 7.52. The Morgan fingerprint density at radius 3 is 2.32 bits per heavy atom. The van der Waals surface area contributed by atoms with Crippen molar-refractivity contribution >= 4 is 5.96 Å². The molecule has 0 saturated heterocycles. The lowest BCUT2D eigenvalue weighted by Gasteiger charge is -2.12. The van der Waals surface area contributed by atoms with E-state index in [1.165, 1.54) is 5.56 Å². The second-order valence-electron chi connectivity index (χ2n) is 4.85. The van der Waals surface area contributed by atoms with Crippen molar-refractivity contribution in [2.45, 2.75) is 20.0 Å². The van der Waals surface area contributed by atoms with Gasteiger partial charge in [0, 0.05) is 20.1 Å². The van der Waals surface area contributed by atoms with Crippen LogP contribution < -0.4 is 15.4 Å². The molecule has 0 unspecified atom stereocenters. The van der Waals surface area contributed by atoms with E-state index in [0.29, 0.717) is 13.2 Å². The Hall–Kier alpha value is -2.49. The summed E-state index contributed by atoms with van der Waals surface area (Å²) in [5.74, 6) is 1.68. The van der Waals surface area contributed by atoms with Crippen LogP contribution in [0.15, 0.2) is 59.6 Å². The molecule has 0 radical (unpaired) electrons. The normalized spacial score (nSPS) is 11.1. The van der Waals surface area contributed by atoms with Crippen LogP contribution >= 0.6 is 0 Å². The number of rotatable bonds is 6. The second kappa shape index (κ2) is 8.72. The molecule has 4 nitrogen and oxygen atoms in total. The van der Waals surface area contributed by atoms with Gasteiger partial charge in [0.1, 0.15) is 5.75 Å². The van der Waals surface area contributed by atoms with Crippen LogP contribution in [0.4, 0.5) is 0 Å². The predicted octanol–water partition coefficient (Wildman–Crippen LogP) is 2.95. The zero-order valence-corrected chi connectivity index (χ0v) is 13.2. The molecule has 116 valence electrons. The monoisotopic (exact) mass is 297 g/mol. The van der Waals surface area contributed by atoms with Gasteiger partial charge >= 0.3 is 0 Å². The van der Waals surface area contributed by atoms with Gasteiger partial charge in [0.25, 0.3) is 0 Å². The largest absolute Gasteiger partial charge is 0.494 e. The van der Waals surface area contributed by atoms with Gasteiger partial charge in [0.15, 0.2) is 5.96 Å². The number of nitrogens with one attached hydrogen (secondary N) is 2. The molecule has 4 heteroatoms. The van der Waals surface area contributed by atoms with Crippen molar-refractivity contribution < 1.29 is 4.74 Å². The third-order valence-electron chi connectivity index (χ3n) is 3.20. The van der Waals surface area contributed by atoms with Crippen LogP contribution in [0.3, 0.4) is 0 Å². The van der Waals surface area contributed by atoms with Gasteiger partial charge < -0.3 is 15.4 Å². The maximum Gasteiger partial charge on any atom is 0.191 e. The summed E-state index contributed by atoms with van der Waals surface area (Å²) in [7, 11) is 1.77. The van der Waals surface area contributed by atoms with E-state index < -0.39 is 0 Å². The second-order valence-corrected chi connectivity index (χ2v) is 4.85. The lowest BCUT2D eigenvalue weighted by molar-refractivity contribution is 0.340. The highest BCUT2D eigenvalue weighted by atomic mass is 16.5. The highest BCUT2D eigenvalue weighted by molar-refractivity contribution is 5.79. The number of hydrogen-bond donors (Lipinski definition) is 2. The van der Waals surface area contributed by atoms with E-state index in [4.69, 9.17) is 4.74 Å². The maximum absolute atomic E-state index is 5.51. The van der Waals surface area contributed by atoms with E-state index in [-0.39, 0.29) is 0 Å². The molecule has 2 aromatic rings. The van der Waals surface area contributed by atoms with Gasteiger partial charge in [0.2, 0.25) is 0 Å². The van der Waals surface area contributed by atoms with E-state index in [1.807, 2.05) is 43.3 Å². The molecular formula is C18H23N3O. The standard InChI is InChI=1S/C18H23N3O/c1-3-22-17-11-7-10-16(12-17)14-21-18(19-2)20-13-15-8-5-4-6-9-15/h4-12H,3,13-14H2,1-2H3,(H2,19,20,21). The van der Waals surface area contributed by atoms with Crippen LogP contribution in [0.1, 0.15) is 18.1 Å². The molecular weight excluding hydrogens is 274 g/mol. The summed E-state index contributed by atoms with van der Waals surface area (Å²) in [4.78, 5) is 4.24. The van der Waals surface area contributed by atoms with Crippen LogP contribution in [-0.2, 0) is 13.1 Å². The molecule has 0 saturated carbocycles. The summed E-state index contributed by atoms with van der Waals surface area (Å²) >= 11 is 0. The summed E-state index contributed by atoms with van der Waals surface area (Å²) < 4.78 is 5.51. The summed E-state index contributed by atoms with van der Waals surface area (Å²) in [5.41, 5.74) is 2.39. The number of guanidine groups is 1. The van der Waals surface area contributed by atoms with E-state index in [2.05, 4.69) is 33.8 Å². The number of ether oxygens (including phenoxy) is 1. The predicted molar refractivity (Wildman–Crippen MR) is 91.1 cm³/mol. The number of hydrogen-bond acceptors (Lipinski definition) is 2. The quantitative estimate of drug-likeness (QED) is 0.636. The molecule has 0 aliphatic heterocycles. The summed E-state index contributed by atoms with van der Waals surface area (Å²) in [5, 5.41) is 6.61. The minimum atomic E-state index is 0.678. The molecule has 0 aromatic heterocycles. The van der Waals surface area contributed by atoms with E-state index in [9.17, 15) is 0 Å². The molecule has 0 spiro atoms. The molecule has 2 rings (SSSR count). The molecule has 0 atom stereocenters. The third kappa shape index (κ3) is 5.13. The number of aliphatic imine (C=N–C) groups is 1. The average molecular weight is 297 g/mol. The maximum atomic E-state index is 5.51. The first-order chi connectivity index (χ1) is 10.8. The lowest BCUT2D eigenvalue weighted by Crippen LogP contribution is -2.36. The van der Waals surface area contributed by atoms with Crippen LogP contribution in [-0.4, -0.2) is 19.6 Å². The molecule has 2 N–H and O–H groups in total. The zero-order valence-electron chi connectivity index (χ0n) is 13.2. The lowest BCUT2D eigenvalue weighted by atomic mass is 10.2. The van der Waals surface area contributed by atoms with Crippen molar-refractivity contribution in [3.05, 3.63) is 65.7 Å². The molecule has 0 aliphatic rings. The Bertz CT molecular complexity index is 596. The zero-order chi connectivity index (χ0) is 15.6. The van der Waals surface area contributed by atoms with E-state index in [0.717, 1.165) is 23.8 Å². The topological polar surface area (TPSA) is 45.6 Å². The summed E-state index contributed by atoms with van der Waals surface area (Å²) in [6.07, 6.45) is 0. The Balaban J connectivity index is 1.84. The van der Waals surface area contributed by atoms with Gasteiger partial charge in [-0.15, -0.1) is 0 Å². The molecule has 0 fully saturated rings. The minimum Gasteiger partial charge on any atom is -0.494 e. The Morgan fingerprint density at radius 2 is 1.64 bits per heavy atom. The van der Waals surface area contributed by atoms with Crippen LogP contribution in [0, 0.1) is 0 Å². The van der Waals surface area contributed by atoms with Gasteiger partial charge in [-0.05, 0) is 30.2 Å². The van der Waals surface area contributed by atoms with Crippen LogP contribution in [0.25, 0.3) is 0 Å². The van der Waals surface area contributed by atoms with Crippen molar-refractivity contribution in [3.63, 3.8) is 0 Å². The van der Waals surface area contributed by atoms with Gasteiger partial charge in [-0.1, -0.05) is 42.5 Å².